The van der Waals surface area contributed by atoms with Crippen LogP contribution in [0.4, 0.5) is 0 Å². The van der Waals surface area contributed by atoms with Crippen LogP contribution in [0.2, 0.25) is 0 Å². The van der Waals surface area contributed by atoms with Crippen molar-refractivity contribution in [3.63, 3.8) is 0 Å². The first-order chi connectivity index (χ1) is 27.3. The molecule has 11 aromatic rings. The standard InChI is InChI=1S/C50H29N3OS/c1-2-12-30(13-3-1)31-14-10-15-32(28-31)47-49-48(40-18-6-9-23-43(40)54-49)52-50(51-47)39-26-27-44-46-37(19-11-20-38(39)46)36-25-24-33(29-45(36)55-44)53-41-21-7-4-16-34(41)35-17-5-8-22-42(35)53/h1-29H. The second-order valence-corrected chi connectivity index (χ2v) is 15.2. The first-order valence-electron chi connectivity index (χ1n) is 18.5. The van der Waals surface area contributed by atoms with Crippen LogP contribution in [0.25, 0.3) is 105 Å². The summed E-state index contributed by atoms with van der Waals surface area (Å²) in [5.74, 6) is 0.681. The second-order valence-electron chi connectivity index (χ2n) is 14.1. The highest BCUT2D eigenvalue weighted by atomic mass is 32.2. The fraction of sp³-hybridized carbons (Fsp3) is 0. The molecule has 0 fully saturated rings. The Morgan fingerprint density at radius 2 is 1.13 bits per heavy atom. The Morgan fingerprint density at radius 1 is 0.455 bits per heavy atom. The number of nitrogens with zero attached hydrogens (tertiary/aromatic N) is 3. The average Bonchev–Trinajstić information content (AvgIpc) is 3.80. The molecule has 1 aliphatic rings. The van der Waals surface area contributed by atoms with E-state index in [-0.39, 0.29) is 0 Å². The largest absolute Gasteiger partial charge is 0.452 e. The number of furan rings is 1. The van der Waals surface area contributed by atoms with E-state index in [9.17, 15) is 0 Å². The van der Waals surface area contributed by atoms with Gasteiger partial charge in [-0.15, -0.1) is 0 Å². The van der Waals surface area contributed by atoms with E-state index >= 15 is 0 Å². The normalized spacial score (nSPS) is 12.3. The Kier molecular flexibility index (Phi) is 6.53. The third-order valence-corrected chi connectivity index (χ3v) is 12.1. The molecule has 0 bridgehead atoms. The Labute approximate surface area is 320 Å². The number of fused-ring (bicyclic) bond motifs is 8. The summed E-state index contributed by atoms with van der Waals surface area (Å²) in [7, 11) is 0. The molecule has 0 radical (unpaired) electrons. The van der Waals surface area contributed by atoms with Gasteiger partial charge in [-0.2, -0.15) is 0 Å². The van der Waals surface area contributed by atoms with Crippen LogP contribution in [0, 0.1) is 0 Å². The lowest BCUT2D eigenvalue weighted by Gasteiger charge is -2.22. The van der Waals surface area contributed by atoms with Gasteiger partial charge in [0.25, 0.3) is 0 Å². The van der Waals surface area contributed by atoms with Crippen LogP contribution in [-0.2, 0) is 0 Å². The molecule has 256 valence electrons. The van der Waals surface area contributed by atoms with Crippen molar-refractivity contribution >= 4 is 66.4 Å². The molecule has 0 atom stereocenters. The van der Waals surface area contributed by atoms with Gasteiger partial charge >= 0.3 is 0 Å². The predicted molar refractivity (Wildman–Crippen MR) is 227 cm³/mol. The zero-order valence-corrected chi connectivity index (χ0v) is 30.2. The Hall–Kier alpha value is -6.95. The third kappa shape index (κ3) is 4.60. The summed E-state index contributed by atoms with van der Waals surface area (Å²) in [5.41, 5.74) is 13.4. The quantitative estimate of drug-likeness (QED) is 0.182. The van der Waals surface area contributed by atoms with Crippen molar-refractivity contribution in [1.82, 2.24) is 14.5 Å². The summed E-state index contributed by atoms with van der Waals surface area (Å²) in [6, 6.07) is 62.5. The zero-order chi connectivity index (χ0) is 36.0. The smallest absolute Gasteiger partial charge is 0.180 e. The highest BCUT2D eigenvalue weighted by Crippen LogP contribution is 2.50. The van der Waals surface area contributed by atoms with Crippen LogP contribution in [0.3, 0.4) is 0 Å². The summed E-state index contributed by atoms with van der Waals surface area (Å²) in [6.07, 6.45) is 0. The molecule has 0 N–H and O–H groups in total. The van der Waals surface area contributed by atoms with Gasteiger partial charge in [-0.1, -0.05) is 133 Å². The number of aromatic nitrogens is 3. The molecule has 4 heterocycles. The minimum absolute atomic E-state index is 0.681. The molecule has 0 aliphatic carbocycles. The Morgan fingerprint density at radius 3 is 1.96 bits per heavy atom. The molecule has 55 heavy (non-hydrogen) atoms. The zero-order valence-electron chi connectivity index (χ0n) is 29.4. The van der Waals surface area contributed by atoms with Gasteiger partial charge in [0.1, 0.15) is 16.8 Å². The Balaban J connectivity index is 1.04. The SMILES string of the molecule is c1ccc(-c2cccc(-c3nc(-c4ccc5c6c(cccc46)-c4ccc(-n6c7ccccc7c7ccccc76)cc4S5)nc4c3oc3ccccc34)c2)cc1. The fourth-order valence-corrected chi connectivity index (χ4v) is 9.70. The van der Waals surface area contributed by atoms with E-state index in [4.69, 9.17) is 14.4 Å². The van der Waals surface area contributed by atoms with E-state index in [1.807, 2.05) is 36.0 Å². The molecule has 5 heteroatoms. The van der Waals surface area contributed by atoms with Crippen molar-refractivity contribution in [2.75, 3.05) is 0 Å². The number of hydrogen-bond donors (Lipinski definition) is 0. The lowest BCUT2D eigenvalue weighted by atomic mass is 9.94. The van der Waals surface area contributed by atoms with Gasteiger partial charge in [-0.25, -0.2) is 9.97 Å². The van der Waals surface area contributed by atoms with E-state index in [0.717, 1.165) is 55.5 Å². The molecule has 1 aliphatic heterocycles. The maximum Gasteiger partial charge on any atom is 0.180 e. The number of para-hydroxylation sites is 3. The van der Waals surface area contributed by atoms with Gasteiger partial charge in [0.15, 0.2) is 11.4 Å². The van der Waals surface area contributed by atoms with E-state index in [0.29, 0.717) is 11.4 Å². The molecule has 4 nitrogen and oxygen atoms in total. The average molecular weight is 720 g/mol. The molecular weight excluding hydrogens is 691 g/mol. The van der Waals surface area contributed by atoms with E-state index < -0.39 is 0 Å². The van der Waals surface area contributed by atoms with Crippen LogP contribution in [0.1, 0.15) is 0 Å². The number of hydrogen-bond acceptors (Lipinski definition) is 4. The maximum atomic E-state index is 6.52. The van der Waals surface area contributed by atoms with Crippen molar-refractivity contribution in [3.05, 3.63) is 176 Å². The van der Waals surface area contributed by atoms with Crippen molar-refractivity contribution in [2.24, 2.45) is 0 Å². The lowest BCUT2D eigenvalue weighted by molar-refractivity contribution is 0.667. The predicted octanol–water partition coefficient (Wildman–Crippen LogP) is 13.8. The van der Waals surface area contributed by atoms with E-state index in [2.05, 4.69) is 156 Å². The van der Waals surface area contributed by atoms with Crippen molar-refractivity contribution < 1.29 is 4.42 Å². The first kappa shape index (κ1) is 30.5. The first-order valence-corrected chi connectivity index (χ1v) is 19.3. The number of benzene rings is 8. The summed E-state index contributed by atoms with van der Waals surface area (Å²) >= 11 is 1.84. The molecule has 0 spiro atoms. The lowest BCUT2D eigenvalue weighted by Crippen LogP contribution is -1.99. The fourth-order valence-electron chi connectivity index (χ4n) is 8.54. The minimum Gasteiger partial charge on any atom is -0.452 e. The van der Waals surface area contributed by atoms with Crippen LogP contribution in [0.5, 0.6) is 0 Å². The van der Waals surface area contributed by atoms with Gasteiger partial charge in [-0.3, -0.25) is 0 Å². The van der Waals surface area contributed by atoms with Crippen LogP contribution < -0.4 is 0 Å². The van der Waals surface area contributed by atoms with Crippen molar-refractivity contribution in [2.45, 2.75) is 9.79 Å². The number of rotatable bonds is 4. The molecular formula is C50H29N3OS. The molecule has 0 unspecified atom stereocenters. The van der Waals surface area contributed by atoms with Crippen molar-refractivity contribution in [1.29, 1.82) is 0 Å². The van der Waals surface area contributed by atoms with Gasteiger partial charge in [0.2, 0.25) is 0 Å². The molecule has 0 amide bonds. The second kappa shape index (κ2) is 11.8. The van der Waals surface area contributed by atoms with Gasteiger partial charge in [0.05, 0.1) is 11.0 Å². The van der Waals surface area contributed by atoms with Gasteiger partial charge in [-0.05, 0) is 82.2 Å². The molecule has 8 aromatic carbocycles. The highest BCUT2D eigenvalue weighted by molar-refractivity contribution is 7.99. The summed E-state index contributed by atoms with van der Waals surface area (Å²) in [4.78, 5) is 13.1. The van der Waals surface area contributed by atoms with Gasteiger partial charge < -0.3 is 8.98 Å². The minimum atomic E-state index is 0.681. The monoisotopic (exact) mass is 719 g/mol. The van der Waals surface area contributed by atoms with Gasteiger partial charge in [0, 0.05) is 48.2 Å². The van der Waals surface area contributed by atoms with Crippen LogP contribution in [-0.4, -0.2) is 14.5 Å². The molecule has 0 saturated heterocycles. The maximum absolute atomic E-state index is 6.52. The van der Waals surface area contributed by atoms with E-state index in [1.165, 1.54) is 48.1 Å². The van der Waals surface area contributed by atoms with E-state index in [1.54, 1.807) is 0 Å². The summed E-state index contributed by atoms with van der Waals surface area (Å²) < 4.78 is 8.91. The Bertz CT molecular complexity index is 3310. The van der Waals surface area contributed by atoms with Crippen LogP contribution in [0.15, 0.2) is 190 Å². The third-order valence-electron chi connectivity index (χ3n) is 11.0. The molecule has 0 saturated carbocycles. The molecule has 3 aromatic heterocycles. The summed E-state index contributed by atoms with van der Waals surface area (Å²) in [5, 5.41) is 5.88. The van der Waals surface area contributed by atoms with Crippen LogP contribution >= 0.6 is 11.8 Å². The summed E-state index contributed by atoms with van der Waals surface area (Å²) in [6.45, 7) is 0. The molecule has 12 rings (SSSR count). The topological polar surface area (TPSA) is 43.9 Å². The van der Waals surface area contributed by atoms with Crippen molar-refractivity contribution in [3.8, 4) is 50.6 Å². The highest BCUT2D eigenvalue weighted by Gasteiger charge is 2.25.